The molecule has 7 heteroatoms. The van der Waals surface area contributed by atoms with Gasteiger partial charge in [0.25, 0.3) is 0 Å². The molecule has 140 valence electrons. The van der Waals surface area contributed by atoms with Crippen LogP contribution in [0.25, 0.3) is 11.5 Å². The highest BCUT2D eigenvalue weighted by molar-refractivity contribution is 6.30. The van der Waals surface area contributed by atoms with Crippen LogP contribution in [0.15, 0.2) is 28.7 Å². The molecule has 26 heavy (non-hydrogen) atoms. The SMILES string of the molecule is Cc1oc(-c2cccc(Cl)c2)nc1CC(=O)NCC1(CO)CCOCC1. The number of aryl methyl sites for hydroxylation is 1. The van der Waals surface area contributed by atoms with Gasteiger partial charge in [-0.15, -0.1) is 0 Å². The number of nitrogens with zero attached hydrogens (tertiary/aromatic N) is 1. The fourth-order valence-corrected chi connectivity index (χ4v) is 3.22. The molecule has 2 heterocycles. The lowest BCUT2D eigenvalue weighted by Gasteiger charge is -2.35. The number of aromatic nitrogens is 1. The lowest BCUT2D eigenvalue weighted by Crippen LogP contribution is -2.44. The molecule has 1 aromatic carbocycles. The van der Waals surface area contributed by atoms with Gasteiger partial charge in [-0.05, 0) is 38.0 Å². The summed E-state index contributed by atoms with van der Waals surface area (Å²) in [5.74, 6) is 0.917. The fourth-order valence-electron chi connectivity index (χ4n) is 3.03. The molecule has 2 N–H and O–H groups in total. The lowest BCUT2D eigenvalue weighted by atomic mass is 9.81. The molecule has 0 radical (unpaired) electrons. The molecule has 0 spiro atoms. The minimum Gasteiger partial charge on any atom is -0.441 e. The molecule has 1 saturated heterocycles. The molecule has 0 saturated carbocycles. The Hall–Kier alpha value is -1.89. The molecule has 1 aliphatic rings. The highest BCUT2D eigenvalue weighted by Crippen LogP contribution is 2.29. The van der Waals surface area contributed by atoms with Gasteiger partial charge in [0.1, 0.15) is 5.76 Å². The van der Waals surface area contributed by atoms with Crippen molar-refractivity contribution >= 4 is 17.5 Å². The number of oxazole rings is 1. The summed E-state index contributed by atoms with van der Waals surface area (Å²) in [7, 11) is 0. The normalized spacial score (nSPS) is 16.4. The van der Waals surface area contributed by atoms with E-state index in [0.29, 0.717) is 42.1 Å². The Morgan fingerprint density at radius 2 is 2.15 bits per heavy atom. The lowest BCUT2D eigenvalue weighted by molar-refractivity contribution is -0.121. The monoisotopic (exact) mass is 378 g/mol. The molecule has 6 nitrogen and oxygen atoms in total. The summed E-state index contributed by atoms with van der Waals surface area (Å²) < 4.78 is 11.0. The van der Waals surface area contributed by atoms with Gasteiger partial charge >= 0.3 is 0 Å². The number of carbonyl (C=O) groups is 1. The van der Waals surface area contributed by atoms with Crippen molar-refractivity contribution in [3.05, 3.63) is 40.7 Å². The van der Waals surface area contributed by atoms with Gasteiger partial charge in [0.05, 0.1) is 18.7 Å². The Morgan fingerprint density at radius 1 is 1.38 bits per heavy atom. The number of rotatable bonds is 6. The third-order valence-electron chi connectivity index (χ3n) is 4.84. The predicted octanol–water partition coefficient (Wildman–Crippen LogP) is 2.75. The van der Waals surface area contributed by atoms with E-state index in [1.165, 1.54) is 0 Å². The van der Waals surface area contributed by atoms with Gasteiger partial charge in [0, 0.05) is 35.8 Å². The second-order valence-corrected chi connectivity index (χ2v) is 7.19. The van der Waals surface area contributed by atoms with Crippen LogP contribution < -0.4 is 5.32 Å². The van der Waals surface area contributed by atoms with Crippen LogP contribution in [0.4, 0.5) is 0 Å². The predicted molar refractivity (Wildman–Crippen MR) is 98.0 cm³/mol. The maximum absolute atomic E-state index is 12.3. The fraction of sp³-hybridized carbons (Fsp3) is 0.474. The molecule has 1 amide bonds. The molecule has 0 bridgehead atoms. The van der Waals surface area contributed by atoms with Gasteiger partial charge in [0.15, 0.2) is 0 Å². The van der Waals surface area contributed by atoms with Crippen LogP contribution in [-0.2, 0) is 16.0 Å². The van der Waals surface area contributed by atoms with Crippen molar-refractivity contribution in [3.63, 3.8) is 0 Å². The number of benzene rings is 1. The number of nitrogens with one attached hydrogen (secondary N) is 1. The van der Waals surface area contributed by atoms with E-state index in [-0.39, 0.29) is 24.3 Å². The topological polar surface area (TPSA) is 84.6 Å². The maximum Gasteiger partial charge on any atom is 0.226 e. The van der Waals surface area contributed by atoms with Gasteiger partial charge in [-0.25, -0.2) is 4.98 Å². The minimum atomic E-state index is -0.293. The number of hydrogen-bond donors (Lipinski definition) is 2. The van der Waals surface area contributed by atoms with Gasteiger partial charge in [-0.1, -0.05) is 17.7 Å². The van der Waals surface area contributed by atoms with Crippen molar-refractivity contribution in [3.8, 4) is 11.5 Å². The van der Waals surface area contributed by atoms with Crippen LogP contribution in [0.3, 0.4) is 0 Å². The Bertz CT molecular complexity index is 769. The molecule has 0 atom stereocenters. The molecular formula is C19H23ClN2O4. The minimum absolute atomic E-state index is 0.0402. The zero-order valence-corrected chi connectivity index (χ0v) is 15.5. The second-order valence-electron chi connectivity index (χ2n) is 6.76. The van der Waals surface area contributed by atoms with Crippen molar-refractivity contribution in [1.29, 1.82) is 0 Å². The van der Waals surface area contributed by atoms with E-state index >= 15 is 0 Å². The molecular weight excluding hydrogens is 356 g/mol. The van der Waals surface area contributed by atoms with Crippen molar-refractivity contribution in [2.75, 3.05) is 26.4 Å². The Labute approximate surface area is 157 Å². The number of aliphatic hydroxyl groups is 1. The quantitative estimate of drug-likeness (QED) is 0.807. The maximum atomic E-state index is 12.3. The van der Waals surface area contributed by atoms with E-state index in [2.05, 4.69) is 10.3 Å². The highest BCUT2D eigenvalue weighted by atomic mass is 35.5. The first-order valence-corrected chi connectivity index (χ1v) is 9.07. The summed E-state index contributed by atoms with van der Waals surface area (Å²) in [6, 6.07) is 7.23. The third-order valence-corrected chi connectivity index (χ3v) is 5.08. The van der Waals surface area contributed by atoms with Crippen LogP contribution in [-0.4, -0.2) is 42.4 Å². The first-order chi connectivity index (χ1) is 12.5. The van der Waals surface area contributed by atoms with Crippen LogP contribution in [0.2, 0.25) is 5.02 Å². The third kappa shape index (κ3) is 4.44. The largest absolute Gasteiger partial charge is 0.441 e. The Kier molecular flexibility index (Phi) is 5.96. The van der Waals surface area contributed by atoms with Gasteiger partial charge in [-0.3, -0.25) is 4.79 Å². The number of ether oxygens (including phenoxy) is 1. The van der Waals surface area contributed by atoms with Crippen molar-refractivity contribution in [2.24, 2.45) is 5.41 Å². The van der Waals surface area contributed by atoms with Crippen molar-refractivity contribution in [1.82, 2.24) is 10.3 Å². The van der Waals surface area contributed by atoms with Gasteiger partial charge < -0.3 is 19.6 Å². The molecule has 0 unspecified atom stereocenters. The van der Waals surface area contributed by atoms with E-state index in [1.54, 1.807) is 19.1 Å². The van der Waals surface area contributed by atoms with Crippen molar-refractivity contribution in [2.45, 2.75) is 26.2 Å². The van der Waals surface area contributed by atoms with Crippen molar-refractivity contribution < 1.29 is 19.1 Å². The first-order valence-electron chi connectivity index (χ1n) is 8.69. The molecule has 1 aromatic heterocycles. The van der Waals surface area contributed by atoms with Gasteiger partial charge in [-0.2, -0.15) is 0 Å². The van der Waals surface area contributed by atoms with Crippen LogP contribution in [0.5, 0.6) is 0 Å². The molecule has 3 rings (SSSR count). The van der Waals surface area contributed by atoms with E-state index < -0.39 is 0 Å². The van der Waals surface area contributed by atoms with Gasteiger partial charge in [0.2, 0.25) is 11.8 Å². The summed E-state index contributed by atoms with van der Waals surface area (Å²) in [6.45, 7) is 3.49. The number of hydrogen-bond acceptors (Lipinski definition) is 5. The Morgan fingerprint density at radius 3 is 2.85 bits per heavy atom. The molecule has 1 aliphatic heterocycles. The Balaban J connectivity index is 1.62. The second kappa shape index (κ2) is 8.20. The molecule has 1 fully saturated rings. The summed E-state index contributed by atoms with van der Waals surface area (Å²) in [4.78, 5) is 16.8. The van der Waals surface area contributed by atoms with Crippen LogP contribution in [0.1, 0.15) is 24.3 Å². The smallest absolute Gasteiger partial charge is 0.226 e. The summed E-state index contributed by atoms with van der Waals surface area (Å²) in [5, 5.41) is 13.2. The van der Waals surface area contributed by atoms with E-state index in [9.17, 15) is 9.90 Å². The number of amides is 1. The standard InChI is InChI=1S/C19H23ClN2O4/c1-13-16(22-18(26-13)14-3-2-4-15(20)9-14)10-17(24)21-11-19(12-23)5-7-25-8-6-19/h2-4,9,23H,5-8,10-12H2,1H3,(H,21,24). The zero-order chi connectivity index (χ0) is 18.6. The zero-order valence-electron chi connectivity index (χ0n) is 14.8. The molecule has 0 aliphatic carbocycles. The molecule has 2 aromatic rings. The summed E-state index contributed by atoms with van der Waals surface area (Å²) in [5.41, 5.74) is 1.08. The average Bonchev–Trinajstić information content (AvgIpc) is 3.01. The van der Waals surface area contributed by atoms with E-state index in [1.807, 2.05) is 12.1 Å². The van der Waals surface area contributed by atoms with E-state index in [4.69, 9.17) is 20.8 Å². The number of halogens is 1. The average molecular weight is 379 g/mol. The summed E-state index contributed by atoms with van der Waals surface area (Å²) >= 11 is 6.00. The van der Waals surface area contributed by atoms with E-state index in [0.717, 1.165) is 18.4 Å². The van der Waals surface area contributed by atoms with Crippen LogP contribution in [0, 0.1) is 12.3 Å². The highest BCUT2D eigenvalue weighted by Gasteiger charge is 2.32. The number of carbonyl (C=O) groups excluding carboxylic acids is 1. The number of aliphatic hydroxyl groups excluding tert-OH is 1. The van der Waals surface area contributed by atoms with Crippen LogP contribution >= 0.6 is 11.6 Å². The first kappa shape index (κ1) is 18.9. The summed E-state index contributed by atoms with van der Waals surface area (Å²) in [6.07, 6.45) is 1.62.